The van der Waals surface area contributed by atoms with E-state index in [1.165, 1.54) is 6.08 Å². The molecule has 0 aliphatic rings. The van der Waals surface area contributed by atoms with E-state index in [-0.39, 0.29) is 12.3 Å². The number of rotatable bonds is 3. The van der Waals surface area contributed by atoms with Crippen molar-refractivity contribution in [3.8, 4) is 0 Å². The molecular weight excluding hydrogens is 102 g/mol. The van der Waals surface area contributed by atoms with Gasteiger partial charge < -0.3 is 5.73 Å². The summed E-state index contributed by atoms with van der Waals surface area (Å²) in [5, 5.41) is 0. The van der Waals surface area contributed by atoms with Crippen molar-refractivity contribution < 1.29 is 4.79 Å². The van der Waals surface area contributed by atoms with Gasteiger partial charge in [-0.05, 0) is 12.5 Å². The summed E-state index contributed by atoms with van der Waals surface area (Å²) in [6.07, 6.45) is 4.21. The smallest absolute Gasteiger partial charge is 0.168 e. The Morgan fingerprint density at radius 1 is 1.75 bits per heavy atom. The molecule has 2 nitrogen and oxygen atoms in total. The van der Waals surface area contributed by atoms with Gasteiger partial charge in [0.15, 0.2) is 5.78 Å². The molecule has 0 saturated carbocycles. The first-order chi connectivity index (χ1) is 3.81. The Balaban J connectivity index is 3.37. The number of carbonyl (C=O) groups excluding carboxylic acids is 1. The third-order valence-electron chi connectivity index (χ3n) is 0.741. The SMILES string of the molecule is CCC=CC(=O)CN. The normalized spacial score (nSPS) is 10.2. The van der Waals surface area contributed by atoms with E-state index in [1.54, 1.807) is 6.08 Å². The molecule has 2 N–H and O–H groups in total. The molecule has 0 fully saturated rings. The second-order valence-corrected chi connectivity index (χ2v) is 1.48. The van der Waals surface area contributed by atoms with Gasteiger partial charge in [-0.25, -0.2) is 0 Å². The minimum atomic E-state index is -0.00755. The molecule has 0 aromatic heterocycles. The van der Waals surface area contributed by atoms with Gasteiger partial charge in [0.1, 0.15) is 0 Å². The quantitative estimate of drug-likeness (QED) is 0.541. The molecule has 0 bridgehead atoms. The number of hydrogen-bond donors (Lipinski definition) is 1. The number of hydrogen-bond acceptors (Lipinski definition) is 2. The first kappa shape index (κ1) is 7.37. The third-order valence-corrected chi connectivity index (χ3v) is 0.741. The molecule has 0 aromatic carbocycles. The van der Waals surface area contributed by atoms with E-state index < -0.39 is 0 Å². The Labute approximate surface area is 49.4 Å². The van der Waals surface area contributed by atoms with E-state index in [9.17, 15) is 4.79 Å². The Bertz CT molecular complexity index is 96.7. The van der Waals surface area contributed by atoms with Gasteiger partial charge in [0, 0.05) is 0 Å². The summed E-state index contributed by atoms with van der Waals surface area (Å²) in [7, 11) is 0. The summed E-state index contributed by atoms with van der Waals surface area (Å²) < 4.78 is 0. The van der Waals surface area contributed by atoms with Gasteiger partial charge in [0.05, 0.1) is 6.54 Å². The molecule has 0 spiro atoms. The summed E-state index contributed by atoms with van der Waals surface area (Å²) in [5.74, 6) is -0.00755. The largest absolute Gasteiger partial charge is 0.324 e. The van der Waals surface area contributed by atoms with Crippen molar-refractivity contribution in [1.82, 2.24) is 0 Å². The number of allylic oxidation sites excluding steroid dienone is 1. The van der Waals surface area contributed by atoms with E-state index in [0.29, 0.717) is 0 Å². The average Bonchev–Trinajstić information content (AvgIpc) is 1.83. The van der Waals surface area contributed by atoms with Crippen molar-refractivity contribution in [2.75, 3.05) is 6.54 Å². The number of carbonyl (C=O) groups is 1. The predicted molar refractivity (Wildman–Crippen MR) is 33.5 cm³/mol. The zero-order valence-electron chi connectivity index (χ0n) is 5.05. The van der Waals surface area contributed by atoms with Crippen LogP contribution >= 0.6 is 0 Å². The number of nitrogens with two attached hydrogens (primary N) is 1. The molecule has 8 heavy (non-hydrogen) atoms. The average molecular weight is 113 g/mol. The lowest BCUT2D eigenvalue weighted by Gasteiger charge is -1.81. The zero-order chi connectivity index (χ0) is 6.41. The summed E-state index contributed by atoms with van der Waals surface area (Å²) in [6.45, 7) is 2.09. The fraction of sp³-hybridized carbons (Fsp3) is 0.500. The van der Waals surface area contributed by atoms with Gasteiger partial charge in [-0.15, -0.1) is 0 Å². The molecule has 0 atom stereocenters. The van der Waals surface area contributed by atoms with Gasteiger partial charge in [-0.3, -0.25) is 4.79 Å². The lowest BCUT2D eigenvalue weighted by molar-refractivity contribution is -0.113. The lowest BCUT2D eigenvalue weighted by Crippen LogP contribution is -2.09. The molecule has 0 heterocycles. The van der Waals surface area contributed by atoms with Crippen molar-refractivity contribution >= 4 is 5.78 Å². The zero-order valence-corrected chi connectivity index (χ0v) is 5.05. The van der Waals surface area contributed by atoms with Crippen molar-refractivity contribution in [1.29, 1.82) is 0 Å². The lowest BCUT2D eigenvalue weighted by atomic mass is 10.3. The van der Waals surface area contributed by atoms with E-state index in [1.807, 2.05) is 6.92 Å². The number of ketones is 1. The van der Waals surface area contributed by atoms with Gasteiger partial charge >= 0.3 is 0 Å². The molecular formula is C6H11NO. The van der Waals surface area contributed by atoms with E-state index in [0.717, 1.165) is 6.42 Å². The van der Waals surface area contributed by atoms with Crippen molar-refractivity contribution in [2.45, 2.75) is 13.3 Å². The molecule has 0 radical (unpaired) electrons. The van der Waals surface area contributed by atoms with E-state index in [4.69, 9.17) is 5.73 Å². The van der Waals surface area contributed by atoms with Crippen LogP contribution in [0.5, 0.6) is 0 Å². The fourth-order valence-electron chi connectivity index (χ4n) is 0.317. The fourth-order valence-corrected chi connectivity index (χ4v) is 0.317. The Kier molecular flexibility index (Phi) is 4.17. The van der Waals surface area contributed by atoms with Crippen molar-refractivity contribution in [3.63, 3.8) is 0 Å². The maximum Gasteiger partial charge on any atom is 0.168 e. The highest BCUT2D eigenvalue weighted by atomic mass is 16.1. The Morgan fingerprint density at radius 2 is 2.38 bits per heavy atom. The molecule has 0 rings (SSSR count). The molecule has 46 valence electrons. The molecule has 0 aromatic rings. The van der Waals surface area contributed by atoms with Gasteiger partial charge in [-0.2, -0.15) is 0 Å². The Hall–Kier alpha value is -0.630. The summed E-state index contributed by atoms with van der Waals surface area (Å²) in [4.78, 5) is 10.4. The monoisotopic (exact) mass is 113 g/mol. The van der Waals surface area contributed by atoms with Crippen LogP contribution in [0.2, 0.25) is 0 Å². The molecule has 0 amide bonds. The predicted octanol–water partition coefficient (Wildman–Crippen LogP) is 0.480. The molecule has 0 aliphatic carbocycles. The summed E-state index contributed by atoms with van der Waals surface area (Å²) in [5.41, 5.74) is 5.01. The van der Waals surface area contributed by atoms with Crippen molar-refractivity contribution in [2.24, 2.45) is 5.73 Å². The van der Waals surface area contributed by atoms with Crippen LogP contribution in [0, 0.1) is 0 Å². The van der Waals surface area contributed by atoms with Crippen LogP contribution in [0.4, 0.5) is 0 Å². The van der Waals surface area contributed by atoms with Crippen LogP contribution in [0.3, 0.4) is 0 Å². The van der Waals surface area contributed by atoms with Crippen LogP contribution in [0.15, 0.2) is 12.2 Å². The van der Waals surface area contributed by atoms with Gasteiger partial charge in [0.2, 0.25) is 0 Å². The molecule has 0 unspecified atom stereocenters. The van der Waals surface area contributed by atoms with Crippen LogP contribution < -0.4 is 5.73 Å². The highest BCUT2D eigenvalue weighted by Gasteiger charge is 1.85. The maximum atomic E-state index is 10.4. The maximum absolute atomic E-state index is 10.4. The minimum absolute atomic E-state index is 0.00755. The van der Waals surface area contributed by atoms with Crippen LogP contribution in [-0.2, 0) is 4.79 Å². The first-order valence-corrected chi connectivity index (χ1v) is 2.70. The summed E-state index contributed by atoms with van der Waals surface area (Å²) in [6, 6.07) is 0. The minimum Gasteiger partial charge on any atom is -0.324 e. The first-order valence-electron chi connectivity index (χ1n) is 2.70. The molecule has 0 aliphatic heterocycles. The second kappa shape index (κ2) is 4.53. The molecule has 2 heteroatoms. The van der Waals surface area contributed by atoms with Crippen molar-refractivity contribution in [3.05, 3.63) is 12.2 Å². The Morgan fingerprint density at radius 3 is 2.75 bits per heavy atom. The second-order valence-electron chi connectivity index (χ2n) is 1.48. The topological polar surface area (TPSA) is 43.1 Å². The standard InChI is InChI=1S/C6H11NO/c1-2-3-4-6(8)5-7/h3-4H,2,5,7H2,1H3. The van der Waals surface area contributed by atoms with E-state index >= 15 is 0 Å². The van der Waals surface area contributed by atoms with Crippen LogP contribution in [-0.4, -0.2) is 12.3 Å². The summed E-state index contributed by atoms with van der Waals surface area (Å²) >= 11 is 0. The highest BCUT2D eigenvalue weighted by Crippen LogP contribution is 1.78. The third kappa shape index (κ3) is 3.56. The van der Waals surface area contributed by atoms with Gasteiger partial charge in [0.25, 0.3) is 0 Å². The van der Waals surface area contributed by atoms with Gasteiger partial charge in [-0.1, -0.05) is 13.0 Å². The molecule has 0 saturated heterocycles. The highest BCUT2D eigenvalue weighted by molar-refractivity contribution is 5.91. The van der Waals surface area contributed by atoms with E-state index in [2.05, 4.69) is 0 Å². The van der Waals surface area contributed by atoms with Crippen LogP contribution in [0.25, 0.3) is 0 Å². The van der Waals surface area contributed by atoms with Crippen LogP contribution in [0.1, 0.15) is 13.3 Å².